The molecule has 0 aromatic carbocycles. The number of aromatic amines is 1. The summed E-state index contributed by atoms with van der Waals surface area (Å²) in [5, 5.41) is 14.5. The fraction of sp³-hybridized carbons (Fsp3) is 0.481. The second-order valence-electron chi connectivity index (χ2n) is 10.3. The summed E-state index contributed by atoms with van der Waals surface area (Å²) in [6, 6.07) is 6.82. The molecule has 3 aromatic rings. The molecule has 2 N–H and O–H groups in total. The zero-order chi connectivity index (χ0) is 29.9. The van der Waals surface area contributed by atoms with Crippen molar-refractivity contribution in [2.24, 2.45) is 0 Å². The number of H-pyrrole nitrogens is 1. The van der Waals surface area contributed by atoms with Gasteiger partial charge in [0.25, 0.3) is 5.56 Å². The number of aromatic nitrogens is 4. The van der Waals surface area contributed by atoms with Gasteiger partial charge in [-0.3, -0.25) is 9.78 Å². The van der Waals surface area contributed by atoms with E-state index in [1.807, 2.05) is 30.1 Å². The van der Waals surface area contributed by atoms with Crippen LogP contribution in [-0.2, 0) is 21.3 Å². The topological polar surface area (TPSA) is 166 Å². The van der Waals surface area contributed by atoms with E-state index in [9.17, 15) is 18.4 Å². The van der Waals surface area contributed by atoms with Gasteiger partial charge in [0.05, 0.1) is 75.1 Å². The highest BCUT2D eigenvalue weighted by molar-refractivity contribution is 7.89. The van der Waals surface area contributed by atoms with Crippen LogP contribution in [-0.4, -0.2) is 95.4 Å². The number of sulfonamides is 1. The molecule has 226 valence electrons. The number of hydrogen-bond donors (Lipinski definition) is 2. The van der Waals surface area contributed by atoms with Gasteiger partial charge < -0.3 is 29.7 Å². The number of quaternary nitrogens is 1. The molecule has 0 spiro atoms. The Morgan fingerprint density at radius 2 is 1.95 bits per heavy atom. The standard InChI is InChI=1S/C27H36N8O6S/c1-4-22-23-24(32-34(22)18-19-8-6-7-9-28-19)26(36)31-25(30-23)21-16-20(17-29-27(21)41-15-14-40-3)42(38,39)33-10-12-35(37,5-2)13-11-33/h6-9,16-17,22,32H,4-5,10-15,18H2,1-3H3,(H,30,31,36). The number of anilines is 1. The summed E-state index contributed by atoms with van der Waals surface area (Å²) in [6.07, 6.45) is 3.59. The van der Waals surface area contributed by atoms with Crippen LogP contribution in [0.25, 0.3) is 11.4 Å². The third-order valence-corrected chi connectivity index (χ3v) is 9.54. The predicted molar refractivity (Wildman–Crippen MR) is 155 cm³/mol. The molecule has 5 heterocycles. The van der Waals surface area contributed by atoms with Gasteiger partial charge in [0.2, 0.25) is 15.9 Å². The first-order valence-electron chi connectivity index (χ1n) is 14.0. The Labute approximate surface area is 244 Å². The fourth-order valence-electron chi connectivity index (χ4n) is 5.16. The SMILES string of the molecule is CCC1c2nc(-c3cc(S(=O)(=O)N4CC[N+]([O-])(CC)CC4)cnc3OCCOC)[nH]c(=O)c2NN1Cc1ccccn1. The number of pyridine rings is 2. The summed E-state index contributed by atoms with van der Waals surface area (Å²) in [4.78, 5) is 29.5. The molecule has 0 radical (unpaired) electrons. The van der Waals surface area contributed by atoms with Crippen LogP contribution in [0.4, 0.5) is 5.69 Å². The van der Waals surface area contributed by atoms with Gasteiger partial charge in [-0.1, -0.05) is 13.0 Å². The Morgan fingerprint density at radius 3 is 2.62 bits per heavy atom. The van der Waals surface area contributed by atoms with Crippen LogP contribution in [0.3, 0.4) is 0 Å². The number of piperazine rings is 1. The molecule has 3 aromatic heterocycles. The Kier molecular flexibility index (Phi) is 8.86. The van der Waals surface area contributed by atoms with E-state index in [1.165, 1.54) is 23.7 Å². The minimum atomic E-state index is -3.98. The van der Waals surface area contributed by atoms with Gasteiger partial charge in [0.1, 0.15) is 23.0 Å². The van der Waals surface area contributed by atoms with E-state index >= 15 is 0 Å². The zero-order valence-corrected chi connectivity index (χ0v) is 24.8. The number of likely N-dealkylation sites (N-methyl/N-ethyl adjacent to an activating group) is 1. The maximum atomic E-state index is 13.6. The lowest BCUT2D eigenvalue weighted by Gasteiger charge is -2.47. The predicted octanol–water partition coefficient (Wildman–Crippen LogP) is 1.88. The highest BCUT2D eigenvalue weighted by Crippen LogP contribution is 2.37. The van der Waals surface area contributed by atoms with Gasteiger partial charge in [-0.15, -0.1) is 0 Å². The molecule has 1 unspecified atom stereocenters. The summed E-state index contributed by atoms with van der Waals surface area (Å²) < 4.78 is 39.0. The molecule has 0 bridgehead atoms. The lowest BCUT2D eigenvalue weighted by molar-refractivity contribution is -0.882. The highest BCUT2D eigenvalue weighted by atomic mass is 32.2. The van der Waals surface area contributed by atoms with E-state index in [2.05, 4.69) is 20.4 Å². The Hall–Kier alpha value is -3.47. The quantitative estimate of drug-likeness (QED) is 0.187. The van der Waals surface area contributed by atoms with Crippen molar-refractivity contribution in [3.05, 3.63) is 63.6 Å². The number of nitrogens with one attached hydrogen (secondary N) is 2. The van der Waals surface area contributed by atoms with Crippen molar-refractivity contribution < 1.29 is 22.5 Å². The monoisotopic (exact) mass is 600 g/mol. The minimum Gasteiger partial charge on any atom is -0.633 e. The summed E-state index contributed by atoms with van der Waals surface area (Å²) in [5.41, 5.74) is 4.67. The summed E-state index contributed by atoms with van der Waals surface area (Å²) in [6.45, 7) is 5.62. The number of methoxy groups -OCH3 is 1. The van der Waals surface area contributed by atoms with E-state index in [1.54, 1.807) is 13.1 Å². The van der Waals surface area contributed by atoms with Crippen molar-refractivity contribution in [2.75, 3.05) is 58.5 Å². The van der Waals surface area contributed by atoms with Gasteiger partial charge in [0.15, 0.2) is 0 Å². The molecule has 0 amide bonds. The summed E-state index contributed by atoms with van der Waals surface area (Å²) >= 11 is 0. The Balaban J connectivity index is 1.51. The molecule has 1 fully saturated rings. The number of nitrogens with zero attached hydrogens (tertiary/aromatic N) is 6. The van der Waals surface area contributed by atoms with Crippen LogP contribution in [0.15, 0.2) is 46.3 Å². The van der Waals surface area contributed by atoms with E-state index in [0.29, 0.717) is 30.9 Å². The van der Waals surface area contributed by atoms with Crippen LogP contribution in [0, 0.1) is 5.21 Å². The van der Waals surface area contributed by atoms with Gasteiger partial charge >= 0.3 is 0 Å². The molecule has 42 heavy (non-hydrogen) atoms. The van der Waals surface area contributed by atoms with Crippen LogP contribution in [0.2, 0.25) is 0 Å². The maximum absolute atomic E-state index is 13.6. The Morgan fingerprint density at radius 1 is 1.17 bits per heavy atom. The van der Waals surface area contributed by atoms with Crippen molar-refractivity contribution in [3.63, 3.8) is 0 Å². The van der Waals surface area contributed by atoms with Crippen molar-refractivity contribution in [1.82, 2.24) is 29.3 Å². The molecule has 14 nitrogen and oxygen atoms in total. The van der Waals surface area contributed by atoms with Crippen molar-refractivity contribution >= 4 is 15.7 Å². The van der Waals surface area contributed by atoms with E-state index in [4.69, 9.17) is 14.5 Å². The molecule has 5 rings (SSSR count). The minimum absolute atomic E-state index is 0.0796. The number of fused-ring (bicyclic) bond motifs is 1. The van der Waals surface area contributed by atoms with Crippen LogP contribution >= 0.6 is 0 Å². The number of ether oxygens (including phenoxy) is 2. The van der Waals surface area contributed by atoms with Crippen LogP contribution < -0.4 is 15.7 Å². The smallest absolute Gasteiger partial charge is 0.276 e. The highest BCUT2D eigenvalue weighted by Gasteiger charge is 2.35. The van der Waals surface area contributed by atoms with Gasteiger partial charge in [-0.2, -0.15) is 4.31 Å². The molecule has 0 aliphatic carbocycles. The maximum Gasteiger partial charge on any atom is 0.276 e. The summed E-state index contributed by atoms with van der Waals surface area (Å²) in [7, 11) is -2.44. The fourth-order valence-corrected chi connectivity index (χ4v) is 6.56. The number of hydrogen-bond acceptors (Lipinski definition) is 11. The molecule has 2 aliphatic heterocycles. The first kappa shape index (κ1) is 30.0. The average Bonchev–Trinajstić information content (AvgIpc) is 3.35. The van der Waals surface area contributed by atoms with Crippen molar-refractivity contribution in [2.45, 2.75) is 37.8 Å². The van der Waals surface area contributed by atoms with Crippen molar-refractivity contribution in [1.29, 1.82) is 0 Å². The largest absolute Gasteiger partial charge is 0.633 e. The molecule has 0 saturated carbocycles. The molecule has 15 heteroatoms. The first-order chi connectivity index (χ1) is 20.2. The molecular formula is C27H36N8O6S. The first-order valence-corrected chi connectivity index (χ1v) is 15.4. The summed E-state index contributed by atoms with van der Waals surface area (Å²) in [5.74, 6) is 0.244. The normalized spacial score (nSPS) is 18.9. The molecule has 2 aliphatic rings. The van der Waals surface area contributed by atoms with Gasteiger partial charge in [-0.25, -0.2) is 23.4 Å². The molecule has 1 atom stereocenters. The number of hydrazine groups is 1. The van der Waals surface area contributed by atoms with Gasteiger partial charge in [-0.05, 0) is 31.5 Å². The number of hydroxylamine groups is 3. The lowest BCUT2D eigenvalue weighted by Crippen LogP contribution is -2.57. The van der Waals surface area contributed by atoms with Crippen molar-refractivity contribution in [3.8, 4) is 17.3 Å². The van der Waals surface area contributed by atoms with Crippen LogP contribution in [0.5, 0.6) is 5.88 Å². The lowest BCUT2D eigenvalue weighted by atomic mass is 10.1. The second-order valence-corrected chi connectivity index (χ2v) is 12.2. The van der Waals surface area contributed by atoms with Gasteiger partial charge in [0, 0.05) is 13.3 Å². The molecular weight excluding hydrogens is 564 g/mol. The number of rotatable bonds is 11. The van der Waals surface area contributed by atoms with E-state index < -0.39 is 20.2 Å². The third-order valence-electron chi connectivity index (χ3n) is 7.68. The molecule has 1 saturated heterocycles. The van der Waals surface area contributed by atoms with E-state index in [-0.39, 0.29) is 67.6 Å². The third kappa shape index (κ3) is 6.02. The zero-order valence-electron chi connectivity index (χ0n) is 23.9. The Bertz CT molecular complexity index is 1560. The van der Waals surface area contributed by atoms with E-state index in [0.717, 1.165) is 5.69 Å². The second kappa shape index (κ2) is 12.4. The average molecular weight is 601 g/mol. The van der Waals surface area contributed by atoms with Crippen LogP contribution in [0.1, 0.15) is 37.7 Å².